The van der Waals surface area contributed by atoms with Gasteiger partial charge < -0.3 is 4.74 Å². The highest BCUT2D eigenvalue weighted by Gasteiger charge is 2.31. The molecule has 6 heteroatoms. The maximum atomic E-state index is 14.2. The number of halogens is 4. The summed E-state index contributed by atoms with van der Waals surface area (Å²) >= 11 is 0. The highest BCUT2D eigenvalue weighted by molar-refractivity contribution is 5.35. The van der Waals surface area contributed by atoms with Gasteiger partial charge in [-0.2, -0.15) is 14.0 Å². The van der Waals surface area contributed by atoms with Gasteiger partial charge in [0, 0.05) is 0 Å². The topological polar surface area (TPSA) is 33.0 Å². The average molecular weight is 431 g/mol. The number of allylic oxidation sites excluding steroid dienone is 2. The molecule has 0 radical (unpaired) electrons. The zero-order valence-corrected chi connectivity index (χ0v) is 17.4. The third-order valence-corrected chi connectivity index (χ3v) is 5.76. The molecule has 164 valence electrons. The second-order valence-electron chi connectivity index (χ2n) is 8.03. The number of benzene rings is 2. The molecule has 1 saturated carbocycles. The average Bonchev–Trinajstić information content (AvgIpc) is 2.73. The number of nitrogens with zero attached hydrogens (tertiary/aromatic N) is 1. The summed E-state index contributed by atoms with van der Waals surface area (Å²) < 4.78 is 60.4. The van der Waals surface area contributed by atoms with E-state index >= 15 is 0 Å². The lowest BCUT2D eigenvalue weighted by Crippen LogP contribution is -2.24. The van der Waals surface area contributed by atoms with Gasteiger partial charge >= 0.3 is 6.11 Å². The summed E-state index contributed by atoms with van der Waals surface area (Å²) in [5.41, 5.74) is 0.743. The van der Waals surface area contributed by atoms with Crippen LogP contribution in [0.25, 0.3) is 0 Å². The van der Waals surface area contributed by atoms with Crippen molar-refractivity contribution in [2.75, 3.05) is 0 Å². The molecule has 0 aliphatic heterocycles. The zero-order chi connectivity index (χ0) is 22.4. The second-order valence-corrected chi connectivity index (χ2v) is 8.03. The lowest BCUT2D eigenvalue weighted by Gasteiger charge is -2.27. The summed E-state index contributed by atoms with van der Waals surface area (Å²) in [6, 6.07) is 10.3. The maximum absolute atomic E-state index is 14.2. The van der Waals surface area contributed by atoms with E-state index in [4.69, 9.17) is 10.00 Å². The van der Waals surface area contributed by atoms with E-state index < -0.39 is 29.7 Å². The smallest absolute Gasteiger partial charge is 0.315 e. The molecule has 0 aromatic heterocycles. The van der Waals surface area contributed by atoms with Crippen molar-refractivity contribution in [3.8, 4) is 6.07 Å². The Hall–Kier alpha value is -2.65. The minimum atomic E-state index is -3.60. The van der Waals surface area contributed by atoms with Crippen LogP contribution in [-0.4, -0.2) is 6.11 Å². The van der Waals surface area contributed by atoms with E-state index in [2.05, 4.69) is 12.2 Å². The Morgan fingerprint density at radius 2 is 1.65 bits per heavy atom. The van der Waals surface area contributed by atoms with E-state index in [1.165, 1.54) is 11.6 Å². The first-order valence-electron chi connectivity index (χ1n) is 10.4. The van der Waals surface area contributed by atoms with Gasteiger partial charge in [-0.05, 0) is 73.3 Å². The molecular formula is C25H25F4NO. The summed E-state index contributed by atoms with van der Waals surface area (Å²) in [7, 11) is 0. The van der Waals surface area contributed by atoms with Crippen LogP contribution in [0.15, 0.2) is 48.6 Å². The largest absolute Gasteiger partial charge is 0.360 e. The van der Waals surface area contributed by atoms with Gasteiger partial charge in [0.15, 0.2) is 0 Å². The summed E-state index contributed by atoms with van der Waals surface area (Å²) in [6.45, 7) is 1.72. The molecule has 2 aromatic rings. The molecule has 1 aliphatic rings. The van der Waals surface area contributed by atoms with Crippen molar-refractivity contribution in [3.63, 3.8) is 0 Å². The van der Waals surface area contributed by atoms with E-state index in [-0.39, 0.29) is 12.2 Å². The van der Waals surface area contributed by atoms with E-state index in [9.17, 15) is 17.6 Å². The molecule has 3 rings (SSSR count). The first-order valence-corrected chi connectivity index (χ1v) is 10.4. The summed E-state index contributed by atoms with van der Waals surface area (Å²) in [5, 5.41) is 8.66. The molecule has 1 aliphatic carbocycles. The first-order chi connectivity index (χ1) is 14.8. The van der Waals surface area contributed by atoms with E-state index in [0.29, 0.717) is 17.4 Å². The normalized spacial score (nSPS) is 19.5. The third kappa shape index (κ3) is 6.18. The van der Waals surface area contributed by atoms with Crippen LogP contribution in [0.3, 0.4) is 0 Å². The van der Waals surface area contributed by atoms with Gasteiger partial charge in [-0.3, -0.25) is 0 Å². The summed E-state index contributed by atoms with van der Waals surface area (Å²) in [5.74, 6) is -1.19. The number of rotatable bonds is 7. The monoisotopic (exact) mass is 431 g/mol. The summed E-state index contributed by atoms with van der Waals surface area (Å²) in [4.78, 5) is 0. The van der Waals surface area contributed by atoms with Crippen LogP contribution in [0.2, 0.25) is 0 Å². The standard InChI is InChI=1S/C25H25F4NO/c1-2-3-17-4-8-20(9-5-17)21-10-6-18(7-11-21)16-31-25(28,29)14-19-12-23(26)22(15-30)24(27)13-19/h2-3,6-7,10-13,17,20H,4-5,8-9,14,16H2,1H3/b3-2+. The van der Waals surface area contributed by atoms with Gasteiger partial charge in [-0.1, -0.05) is 36.4 Å². The van der Waals surface area contributed by atoms with Crippen LogP contribution >= 0.6 is 0 Å². The third-order valence-electron chi connectivity index (χ3n) is 5.76. The Balaban J connectivity index is 1.55. The number of hydrogen-bond acceptors (Lipinski definition) is 2. The van der Waals surface area contributed by atoms with Gasteiger partial charge in [0.1, 0.15) is 23.3 Å². The number of nitriles is 1. The Morgan fingerprint density at radius 3 is 2.19 bits per heavy atom. The molecule has 0 saturated heterocycles. The quantitative estimate of drug-likeness (QED) is 0.348. The fourth-order valence-electron chi connectivity index (χ4n) is 4.12. The minimum Gasteiger partial charge on any atom is -0.315 e. The Kier molecular flexibility index (Phi) is 7.50. The molecule has 2 aromatic carbocycles. The highest BCUT2D eigenvalue weighted by Crippen LogP contribution is 2.36. The van der Waals surface area contributed by atoms with E-state index in [1.54, 1.807) is 12.1 Å². The zero-order valence-electron chi connectivity index (χ0n) is 17.4. The fourth-order valence-corrected chi connectivity index (χ4v) is 4.12. The number of alkyl halides is 2. The molecule has 2 nitrogen and oxygen atoms in total. The molecule has 0 heterocycles. The predicted octanol–water partition coefficient (Wildman–Crippen LogP) is 7.04. The summed E-state index contributed by atoms with van der Waals surface area (Å²) in [6.07, 6.45) is 4.31. The van der Waals surface area contributed by atoms with Crippen molar-refractivity contribution in [1.82, 2.24) is 0 Å². The van der Waals surface area contributed by atoms with Crippen molar-refractivity contribution < 1.29 is 22.3 Å². The van der Waals surface area contributed by atoms with Crippen molar-refractivity contribution in [2.45, 2.75) is 57.7 Å². The lowest BCUT2D eigenvalue weighted by molar-refractivity contribution is -0.244. The minimum absolute atomic E-state index is 0.275. The number of hydrogen-bond donors (Lipinski definition) is 0. The fraction of sp³-hybridized carbons (Fsp3) is 0.400. The molecule has 0 bridgehead atoms. The molecule has 1 fully saturated rings. The highest BCUT2D eigenvalue weighted by atomic mass is 19.3. The maximum Gasteiger partial charge on any atom is 0.360 e. The van der Waals surface area contributed by atoms with Gasteiger partial charge in [0.2, 0.25) is 0 Å². The SMILES string of the molecule is C/C=C/C1CCC(c2ccc(COC(F)(F)Cc3cc(F)c(C#N)c(F)c3)cc2)CC1. The van der Waals surface area contributed by atoms with Crippen LogP contribution in [0, 0.1) is 28.9 Å². The van der Waals surface area contributed by atoms with E-state index in [1.807, 2.05) is 19.1 Å². The Labute approximate surface area is 180 Å². The number of ether oxygens (including phenoxy) is 1. The second kappa shape index (κ2) is 10.1. The van der Waals surface area contributed by atoms with Gasteiger partial charge in [0.25, 0.3) is 0 Å². The van der Waals surface area contributed by atoms with Crippen molar-refractivity contribution in [3.05, 3.63) is 82.4 Å². The molecule has 0 amide bonds. The predicted molar refractivity (Wildman–Crippen MR) is 110 cm³/mol. The molecular weight excluding hydrogens is 406 g/mol. The van der Waals surface area contributed by atoms with Gasteiger partial charge in [-0.25, -0.2) is 8.78 Å². The van der Waals surface area contributed by atoms with Crippen LogP contribution in [0.4, 0.5) is 17.6 Å². The molecule has 0 unspecified atom stereocenters. The van der Waals surface area contributed by atoms with Gasteiger partial charge in [0.05, 0.1) is 13.0 Å². The van der Waals surface area contributed by atoms with Crippen LogP contribution in [0.5, 0.6) is 0 Å². The molecule has 0 N–H and O–H groups in total. The van der Waals surface area contributed by atoms with Crippen molar-refractivity contribution in [2.24, 2.45) is 5.92 Å². The molecule has 0 atom stereocenters. The van der Waals surface area contributed by atoms with Crippen LogP contribution in [0.1, 0.15) is 60.8 Å². The van der Waals surface area contributed by atoms with Gasteiger partial charge in [-0.15, -0.1) is 0 Å². The first kappa shape index (κ1) is 23.0. The van der Waals surface area contributed by atoms with Crippen molar-refractivity contribution in [1.29, 1.82) is 5.26 Å². The Bertz CT molecular complexity index is 931. The van der Waals surface area contributed by atoms with Crippen molar-refractivity contribution >= 4 is 0 Å². The van der Waals surface area contributed by atoms with Crippen LogP contribution < -0.4 is 0 Å². The Morgan fingerprint density at radius 1 is 1.03 bits per heavy atom. The molecule has 31 heavy (non-hydrogen) atoms. The molecule has 0 spiro atoms. The van der Waals surface area contributed by atoms with Crippen LogP contribution in [-0.2, 0) is 17.8 Å². The van der Waals surface area contributed by atoms with E-state index in [0.717, 1.165) is 37.8 Å². The lowest BCUT2D eigenvalue weighted by atomic mass is 9.78.